The number of aromatic hydroxyl groups is 1. The molecule has 2 amide bonds. The van der Waals surface area contributed by atoms with E-state index >= 15 is 0 Å². The number of ether oxygens (including phenoxy) is 2. The lowest BCUT2D eigenvalue weighted by molar-refractivity contribution is -0.142. The molecule has 10 heteroatoms. The lowest BCUT2D eigenvalue weighted by Gasteiger charge is -2.24. The number of hydrogen-bond donors (Lipinski definition) is 3. The average Bonchev–Trinajstić information content (AvgIpc) is 2.90. The predicted molar refractivity (Wildman–Crippen MR) is 140 cm³/mol. The minimum Gasteiger partial charge on any atom is -0.508 e. The molecular weight excluding hydrogens is 513 g/mol. The molecule has 3 rings (SSSR count). The molecule has 0 aliphatic rings. The van der Waals surface area contributed by atoms with Gasteiger partial charge in [-0.2, -0.15) is 13.2 Å². The number of rotatable bonds is 10. The van der Waals surface area contributed by atoms with E-state index in [0.29, 0.717) is 34.4 Å². The van der Waals surface area contributed by atoms with Crippen molar-refractivity contribution in [2.24, 2.45) is 0 Å². The zero-order chi connectivity index (χ0) is 28.6. The highest BCUT2D eigenvalue weighted by molar-refractivity contribution is 5.79. The van der Waals surface area contributed by atoms with Crippen LogP contribution in [0.4, 0.5) is 18.0 Å². The number of phenols is 1. The Morgan fingerprint density at radius 3 is 2.38 bits per heavy atom. The van der Waals surface area contributed by atoms with E-state index in [9.17, 15) is 27.9 Å². The van der Waals surface area contributed by atoms with E-state index in [2.05, 4.69) is 10.6 Å². The standard InChI is InChI=1S/C29H31F3N2O5/c1-4-25(34-28(37)33-17-19-7-6-8-21(35)13-19)23-16-20(29(30,31)32)10-11-22(23)24-14-18(9-12-26(24)38-3)15-27(36)39-5-2/h6-14,16,25,35H,4-5,15,17H2,1-3H3,(H2,33,34,37). The van der Waals surface area contributed by atoms with Gasteiger partial charge in [-0.3, -0.25) is 4.79 Å². The first-order chi connectivity index (χ1) is 18.5. The van der Waals surface area contributed by atoms with Gasteiger partial charge in [0.1, 0.15) is 11.5 Å². The van der Waals surface area contributed by atoms with E-state index in [1.54, 1.807) is 44.2 Å². The molecule has 0 aliphatic heterocycles. The Morgan fingerprint density at radius 2 is 1.74 bits per heavy atom. The molecule has 0 radical (unpaired) electrons. The normalized spacial score (nSPS) is 11.9. The number of benzene rings is 3. The molecule has 3 N–H and O–H groups in total. The fourth-order valence-electron chi connectivity index (χ4n) is 4.18. The molecule has 0 bridgehead atoms. The molecule has 0 spiro atoms. The largest absolute Gasteiger partial charge is 0.508 e. The van der Waals surface area contributed by atoms with Gasteiger partial charge >= 0.3 is 18.2 Å². The highest BCUT2D eigenvalue weighted by atomic mass is 19.4. The van der Waals surface area contributed by atoms with Crippen molar-refractivity contribution >= 4 is 12.0 Å². The minimum absolute atomic E-state index is 0.0201. The number of urea groups is 1. The molecule has 0 aliphatic carbocycles. The number of hydrogen-bond acceptors (Lipinski definition) is 5. The minimum atomic E-state index is -4.60. The number of carbonyl (C=O) groups is 2. The fraction of sp³-hybridized carbons (Fsp3) is 0.310. The predicted octanol–water partition coefficient (Wildman–Crippen LogP) is 6.14. The van der Waals surface area contributed by atoms with E-state index in [-0.39, 0.29) is 30.9 Å². The molecule has 3 aromatic rings. The second kappa shape index (κ2) is 13.0. The quantitative estimate of drug-likeness (QED) is 0.266. The third-order valence-corrected chi connectivity index (χ3v) is 6.04. The van der Waals surface area contributed by atoms with Gasteiger partial charge in [0.25, 0.3) is 0 Å². The topological polar surface area (TPSA) is 96.9 Å². The lowest BCUT2D eigenvalue weighted by Crippen LogP contribution is -2.37. The number of methoxy groups -OCH3 is 1. The van der Waals surface area contributed by atoms with E-state index in [0.717, 1.165) is 12.1 Å². The zero-order valence-corrected chi connectivity index (χ0v) is 21.9. The van der Waals surface area contributed by atoms with Crippen molar-refractivity contribution in [1.29, 1.82) is 0 Å². The van der Waals surface area contributed by atoms with Crippen LogP contribution < -0.4 is 15.4 Å². The van der Waals surface area contributed by atoms with Crippen LogP contribution in [0.5, 0.6) is 11.5 Å². The molecule has 0 heterocycles. The summed E-state index contributed by atoms with van der Waals surface area (Å²) in [5.41, 5.74) is 1.53. The van der Waals surface area contributed by atoms with Gasteiger partial charge in [-0.05, 0) is 72.0 Å². The summed E-state index contributed by atoms with van der Waals surface area (Å²) < 4.78 is 51.6. The van der Waals surface area contributed by atoms with Gasteiger partial charge in [-0.1, -0.05) is 31.2 Å². The summed E-state index contributed by atoms with van der Waals surface area (Å²) in [5.74, 6) is 0.0125. The molecule has 0 aromatic heterocycles. The summed E-state index contributed by atoms with van der Waals surface area (Å²) in [4.78, 5) is 24.8. The monoisotopic (exact) mass is 544 g/mol. The molecule has 1 atom stereocenters. The number of carbonyl (C=O) groups excluding carboxylic acids is 2. The van der Waals surface area contributed by atoms with Gasteiger partial charge in [0.2, 0.25) is 0 Å². The molecular formula is C29H31F3N2O5. The van der Waals surface area contributed by atoms with Crippen LogP contribution in [0, 0.1) is 0 Å². The number of esters is 1. The zero-order valence-electron chi connectivity index (χ0n) is 21.9. The Hall–Kier alpha value is -4.21. The van der Waals surface area contributed by atoms with E-state index in [1.807, 2.05) is 0 Å². The fourth-order valence-corrected chi connectivity index (χ4v) is 4.18. The van der Waals surface area contributed by atoms with Crippen molar-refractivity contribution < 1.29 is 37.3 Å². The summed E-state index contributed by atoms with van der Waals surface area (Å²) in [6.07, 6.45) is -4.33. The van der Waals surface area contributed by atoms with Crippen molar-refractivity contribution in [2.75, 3.05) is 13.7 Å². The summed E-state index contributed by atoms with van der Waals surface area (Å²) in [5, 5.41) is 15.1. The summed E-state index contributed by atoms with van der Waals surface area (Å²) in [6, 6.07) is 13.3. The number of nitrogens with one attached hydrogen (secondary N) is 2. The van der Waals surface area contributed by atoms with Gasteiger partial charge in [0.05, 0.1) is 31.7 Å². The third-order valence-electron chi connectivity index (χ3n) is 6.04. The number of halogens is 3. The highest BCUT2D eigenvalue weighted by Crippen LogP contribution is 2.40. The van der Waals surface area contributed by atoms with Crippen molar-refractivity contribution in [3.05, 3.63) is 82.9 Å². The van der Waals surface area contributed by atoms with Gasteiger partial charge in [-0.25, -0.2) is 4.79 Å². The van der Waals surface area contributed by atoms with Crippen molar-refractivity contribution in [2.45, 2.75) is 45.5 Å². The average molecular weight is 545 g/mol. The molecule has 1 unspecified atom stereocenters. The Labute approximate surface area is 225 Å². The van der Waals surface area contributed by atoms with Crippen molar-refractivity contribution in [1.82, 2.24) is 10.6 Å². The van der Waals surface area contributed by atoms with Crippen LogP contribution >= 0.6 is 0 Å². The maximum Gasteiger partial charge on any atom is 0.416 e. The van der Waals surface area contributed by atoms with E-state index in [4.69, 9.17) is 9.47 Å². The highest BCUT2D eigenvalue weighted by Gasteiger charge is 2.32. The lowest BCUT2D eigenvalue weighted by atomic mass is 9.90. The van der Waals surface area contributed by atoms with Gasteiger partial charge in [-0.15, -0.1) is 0 Å². The van der Waals surface area contributed by atoms with Crippen LogP contribution in [0.3, 0.4) is 0 Å². The van der Waals surface area contributed by atoms with Gasteiger partial charge in [0, 0.05) is 12.1 Å². The first-order valence-corrected chi connectivity index (χ1v) is 12.4. The third kappa shape index (κ3) is 7.89. The van der Waals surface area contributed by atoms with Crippen molar-refractivity contribution in [3.63, 3.8) is 0 Å². The second-order valence-corrected chi connectivity index (χ2v) is 8.77. The second-order valence-electron chi connectivity index (χ2n) is 8.77. The van der Waals surface area contributed by atoms with Crippen LogP contribution in [-0.2, 0) is 28.7 Å². The van der Waals surface area contributed by atoms with Gasteiger partial charge < -0.3 is 25.2 Å². The number of amides is 2. The molecule has 0 fully saturated rings. The summed E-state index contributed by atoms with van der Waals surface area (Å²) in [6.45, 7) is 3.78. The van der Waals surface area contributed by atoms with Crippen molar-refractivity contribution in [3.8, 4) is 22.6 Å². The van der Waals surface area contributed by atoms with Crippen LogP contribution in [0.2, 0.25) is 0 Å². The Kier molecular flexibility index (Phi) is 9.81. The Morgan fingerprint density at radius 1 is 0.974 bits per heavy atom. The molecule has 39 heavy (non-hydrogen) atoms. The van der Waals surface area contributed by atoms with E-state index < -0.39 is 29.8 Å². The van der Waals surface area contributed by atoms with Crippen LogP contribution in [0.15, 0.2) is 60.7 Å². The molecule has 7 nitrogen and oxygen atoms in total. The number of phenolic OH excluding ortho intramolecular Hbond substituents is 1. The smallest absolute Gasteiger partial charge is 0.416 e. The van der Waals surface area contributed by atoms with E-state index in [1.165, 1.54) is 25.3 Å². The van der Waals surface area contributed by atoms with Gasteiger partial charge in [0.15, 0.2) is 0 Å². The summed E-state index contributed by atoms with van der Waals surface area (Å²) >= 11 is 0. The Balaban J connectivity index is 1.99. The maximum absolute atomic E-state index is 13.7. The summed E-state index contributed by atoms with van der Waals surface area (Å²) in [7, 11) is 1.44. The molecule has 0 saturated carbocycles. The molecule has 3 aromatic carbocycles. The van der Waals surface area contributed by atoms with Crippen LogP contribution in [-0.4, -0.2) is 30.8 Å². The van der Waals surface area contributed by atoms with Crippen LogP contribution in [0.1, 0.15) is 48.6 Å². The molecule has 0 saturated heterocycles. The Bertz CT molecular complexity index is 1310. The first kappa shape index (κ1) is 29.3. The SMILES string of the molecule is CCOC(=O)Cc1ccc(OC)c(-c2ccc(C(F)(F)F)cc2C(CC)NC(=O)NCc2cccc(O)c2)c1. The van der Waals surface area contributed by atoms with Crippen LogP contribution in [0.25, 0.3) is 11.1 Å². The maximum atomic E-state index is 13.7. The first-order valence-electron chi connectivity index (χ1n) is 12.4. The number of alkyl halides is 3. The molecule has 208 valence electrons.